The van der Waals surface area contributed by atoms with Gasteiger partial charge in [0.15, 0.2) is 0 Å². The van der Waals surface area contributed by atoms with E-state index in [9.17, 15) is 0 Å². The predicted molar refractivity (Wildman–Crippen MR) is 135 cm³/mol. The van der Waals surface area contributed by atoms with E-state index in [0.717, 1.165) is 24.7 Å². The summed E-state index contributed by atoms with van der Waals surface area (Å²) in [4.78, 5) is 0. The van der Waals surface area contributed by atoms with Gasteiger partial charge in [0.25, 0.3) is 0 Å². The molecule has 2 unspecified atom stereocenters. The van der Waals surface area contributed by atoms with Crippen LogP contribution in [0.3, 0.4) is 0 Å². The maximum Gasteiger partial charge on any atom is -0.0351 e. The first-order chi connectivity index (χ1) is 14.2. The van der Waals surface area contributed by atoms with Gasteiger partial charge in [-0.3, -0.25) is 0 Å². The lowest BCUT2D eigenvalue weighted by atomic mass is 9.96. The molecule has 0 bridgehead atoms. The molecule has 0 aromatic heterocycles. The average Bonchev–Trinajstić information content (AvgIpc) is 2.72. The van der Waals surface area contributed by atoms with Crippen molar-refractivity contribution in [2.75, 3.05) is 0 Å². The Morgan fingerprint density at radius 1 is 0.448 bits per heavy atom. The number of hydrogen-bond acceptors (Lipinski definition) is 0. The Bertz CT molecular complexity index is 316. The van der Waals surface area contributed by atoms with Crippen LogP contribution in [-0.4, -0.2) is 0 Å². The molecule has 2 radical (unpaired) electrons. The topological polar surface area (TPSA) is 0 Å². The van der Waals surface area contributed by atoms with Crippen LogP contribution in [0.25, 0.3) is 0 Å². The lowest BCUT2D eigenvalue weighted by molar-refractivity contribution is 0.436. The molecule has 0 amide bonds. The Morgan fingerprint density at radius 3 is 1.21 bits per heavy atom. The normalized spacial score (nSPS) is 13.9. The summed E-state index contributed by atoms with van der Waals surface area (Å²) in [6.07, 6.45) is 33.6. The van der Waals surface area contributed by atoms with Crippen LogP contribution in [0.5, 0.6) is 0 Å². The molecule has 0 rings (SSSR count). The Hall–Kier alpha value is -0.260. The van der Waals surface area contributed by atoms with Gasteiger partial charge in [-0.2, -0.15) is 0 Å². The molecule has 0 N–H and O–H groups in total. The molecule has 0 saturated carbocycles. The number of allylic oxidation sites excluding steroid dienone is 2. The number of unbranched alkanes of at least 4 members (excludes halogenated alkanes) is 13. The largest absolute Gasteiger partial charge is 0.0885 e. The van der Waals surface area contributed by atoms with E-state index in [1.165, 1.54) is 122 Å². The van der Waals surface area contributed by atoms with E-state index < -0.39 is 0 Å². The smallest absolute Gasteiger partial charge is 0.0351 e. The summed E-state index contributed by atoms with van der Waals surface area (Å²) in [5, 5.41) is 0. The van der Waals surface area contributed by atoms with Crippen LogP contribution in [0.4, 0.5) is 0 Å². The lowest BCUT2D eigenvalue weighted by Crippen LogP contribution is -1.95. The van der Waals surface area contributed by atoms with Gasteiger partial charge in [0.2, 0.25) is 0 Å². The highest BCUT2D eigenvalue weighted by atomic mass is 14.1. The molecule has 0 spiro atoms. The molecule has 0 heteroatoms. The van der Waals surface area contributed by atoms with Crippen LogP contribution in [0.2, 0.25) is 0 Å². The van der Waals surface area contributed by atoms with Crippen molar-refractivity contribution in [3.05, 3.63) is 26.0 Å². The van der Waals surface area contributed by atoms with Crippen molar-refractivity contribution in [2.24, 2.45) is 11.8 Å². The monoisotopic (exact) mass is 404 g/mol. The third kappa shape index (κ3) is 23.9. The van der Waals surface area contributed by atoms with E-state index in [2.05, 4.69) is 39.8 Å². The molecule has 0 saturated heterocycles. The molecular formula is C29H56. The molecule has 0 aliphatic heterocycles. The van der Waals surface area contributed by atoms with Crippen molar-refractivity contribution in [3.8, 4) is 0 Å². The van der Waals surface area contributed by atoms with Gasteiger partial charge >= 0.3 is 0 Å². The fraction of sp³-hybridized carbons (Fsp3) is 0.862. The fourth-order valence-corrected chi connectivity index (χ4v) is 4.26. The third-order valence-corrected chi connectivity index (χ3v) is 6.45. The Kier molecular flexibility index (Phi) is 23.8. The second kappa shape index (κ2) is 24.0. The first kappa shape index (κ1) is 28.7. The zero-order valence-electron chi connectivity index (χ0n) is 20.6. The molecule has 0 aromatic carbocycles. The summed E-state index contributed by atoms with van der Waals surface area (Å²) in [6, 6.07) is 0. The summed E-state index contributed by atoms with van der Waals surface area (Å²) >= 11 is 0. The summed E-state index contributed by atoms with van der Waals surface area (Å²) in [5.74, 6) is 1.86. The Labute approximate surface area is 186 Å². The van der Waals surface area contributed by atoms with E-state index >= 15 is 0 Å². The van der Waals surface area contributed by atoms with Crippen molar-refractivity contribution < 1.29 is 0 Å². The molecule has 0 aliphatic rings. The van der Waals surface area contributed by atoms with E-state index in [-0.39, 0.29) is 0 Å². The van der Waals surface area contributed by atoms with Crippen LogP contribution in [0, 0.1) is 25.7 Å². The molecule has 2 atom stereocenters. The quantitative estimate of drug-likeness (QED) is 0.117. The SMILES string of the molecule is [CH2]CCCCCCC(C)CCCCC=CCCCCCCC(C)CCCCC[CH2]. The zero-order valence-corrected chi connectivity index (χ0v) is 20.6. The summed E-state index contributed by atoms with van der Waals surface area (Å²) in [5.41, 5.74) is 0. The van der Waals surface area contributed by atoms with Crippen molar-refractivity contribution in [1.82, 2.24) is 0 Å². The second-order valence-corrected chi connectivity index (χ2v) is 9.72. The van der Waals surface area contributed by atoms with Gasteiger partial charge < -0.3 is 0 Å². The molecule has 0 nitrogen and oxygen atoms in total. The van der Waals surface area contributed by atoms with Crippen LogP contribution in [0.1, 0.15) is 149 Å². The zero-order chi connectivity index (χ0) is 21.4. The molecule has 0 aliphatic carbocycles. The number of hydrogen-bond donors (Lipinski definition) is 0. The highest BCUT2D eigenvalue weighted by Crippen LogP contribution is 2.19. The molecule has 29 heavy (non-hydrogen) atoms. The van der Waals surface area contributed by atoms with Crippen molar-refractivity contribution in [2.45, 2.75) is 149 Å². The third-order valence-electron chi connectivity index (χ3n) is 6.45. The standard InChI is InChI=1S/C29H56/c1-5-7-9-17-21-25-29(4)27-23-19-16-14-12-11-13-15-18-22-26-28(3)24-20-10-8-6-2/h12,14,28-29H,1-2,5-11,13,15-27H2,3-4H3. The minimum absolute atomic E-state index is 0.926. The minimum atomic E-state index is 0.926. The van der Waals surface area contributed by atoms with Crippen LogP contribution < -0.4 is 0 Å². The van der Waals surface area contributed by atoms with Crippen LogP contribution in [-0.2, 0) is 0 Å². The van der Waals surface area contributed by atoms with Gasteiger partial charge in [-0.15, -0.1) is 0 Å². The highest BCUT2D eigenvalue weighted by Gasteiger charge is 2.02. The van der Waals surface area contributed by atoms with Gasteiger partial charge in [0.05, 0.1) is 0 Å². The van der Waals surface area contributed by atoms with E-state index in [0.29, 0.717) is 0 Å². The second-order valence-electron chi connectivity index (χ2n) is 9.72. The van der Waals surface area contributed by atoms with Crippen LogP contribution >= 0.6 is 0 Å². The molecular weight excluding hydrogens is 348 g/mol. The van der Waals surface area contributed by atoms with Crippen molar-refractivity contribution >= 4 is 0 Å². The van der Waals surface area contributed by atoms with E-state index in [1.807, 2.05) is 0 Å². The maximum atomic E-state index is 3.93. The van der Waals surface area contributed by atoms with Gasteiger partial charge in [-0.05, 0) is 37.5 Å². The fourth-order valence-electron chi connectivity index (χ4n) is 4.26. The van der Waals surface area contributed by atoms with Gasteiger partial charge in [0.1, 0.15) is 0 Å². The van der Waals surface area contributed by atoms with E-state index in [1.54, 1.807) is 0 Å². The van der Waals surface area contributed by atoms with Gasteiger partial charge in [0, 0.05) is 0 Å². The van der Waals surface area contributed by atoms with Crippen LogP contribution in [0.15, 0.2) is 12.2 Å². The Balaban J connectivity index is 3.28. The molecule has 0 heterocycles. The summed E-state index contributed by atoms with van der Waals surface area (Å²) in [6.45, 7) is 12.7. The summed E-state index contributed by atoms with van der Waals surface area (Å²) in [7, 11) is 0. The predicted octanol–water partition coefficient (Wildman–Crippen LogP) is 10.7. The van der Waals surface area contributed by atoms with Crippen molar-refractivity contribution in [3.63, 3.8) is 0 Å². The number of rotatable bonds is 23. The lowest BCUT2D eigenvalue weighted by Gasteiger charge is -2.10. The Morgan fingerprint density at radius 2 is 0.759 bits per heavy atom. The molecule has 0 fully saturated rings. The van der Waals surface area contributed by atoms with Crippen molar-refractivity contribution in [1.29, 1.82) is 0 Å². The first-order valence-corrected chi connectivity index (χ1v) is 13.4. The molecule has 172 valence electrons. The van der Waals surface area contributed by atoms with E-state index in [4.69, 9.17) is 0 Å². The minimum Gasteiger partial charge on any atom is -0.0885 e. The highest BCUT2D eigenvalue weighted by molar-refractivity contribution is 4.81. The maximum absolute atomic E-state index is 3.93. The molecule has 0 aromatic rings. The average molecular weight is 405 g/mol. The summed E-state index contributed by atoms with van der Waals surface area (Å²) < 4.78 is 0. The van der Waals surface area contributed by atoms with Gasteiger partial charge in [-0.25, -0.2) is 0 Å². The first-order valence-electron chi connectivity index (χ1n) is 13.4. The van der Waals surface area contributed by atoms with Gasteiger partial charge in [-0.1, -0.05) is 149 Å².